The van der Waals surface area contributed by atoms with E-state index in [9.17, 15) is 9.18 Å². The van der Waals surface area contributed by atoms with Crippen LogP contribution in [0.1, 0.15) is 17.3 Å². The third-order valence-corrected chi connectivity index (χ3v) is 4.04. The smallest absolute Gasteiger partial charge is 0.175 e. The molecule has 1 atom stereocenters. The summed E-state index contributed by atoms with van der Waals surface area (Å²) in [6.07, 6.45) is 0. The Morgan fingerprint density at radius 3 is 2.42 bits per heavy atom. The van der Waals surface area contributed by atoms with Crippen LogP contribution in [-0.4, -0.2) is 11.0 Å². The Kier molecular flexibility index (Phi) is 4.61. The molecule has 0 aliphatic rings. The number of carbonyl (C=O) groups is 1. The first kappa shape index (κ1) is 14.1. The molecular formula is C15H12ClFOS. The summed E-state index contributed by atoms with van der Waals surface area (Å²) in [6, 6.07) is 13.2. The zero-order valence-corrected chi connectivity index (χ0v) is 11.8. The van der Waals surface area contributed by atoms with Gasteiger partial charge in [0.2, 0.25) is 0 Å². The predicted octanol–water partition coefficient (Wildman–Crippen LogP) is 4.84. The molecule has 98 valence electrons. The molecule has 0 N–H and O–H groups in total. The van der Waals surface area contributed by atoms with Crippen molar-refractivity contribution in [1.82, 2.24) is 0 Å². The molecule has 1 nitrogen and oxygen atoms in total. The molecule has 0 bridgehead atoms. The average Bonchev–Trinajstić information content (AvgIpc) is 2.41. The van der Waals surface area contributed by atoms with Gasteiger partial charge in [0.05, 0.1) is 5.25 Å². The van der Waals surface area contributed by atoms with Crippen molar-refractivity contribution >= 4 is 29.1 Å². The Labute approximate surface area is 120 Å². The summed E-state index contributed by atoms with van der Waals surface area (Å²) in [6.45, 7) is 1.77. The van der Waals surface area contributed by atoms with Crippen LogP contribution in [0.5, 0.6) is 0 Å². The highest BCUT2D eigenvalue weighted by molar-refractivity contribution is 8.00. The summed E-state index contributed by atoms with van der Waals surface area (Å²) >= 11 is 7.00. The number of benzene rings is 2. The van der Waals surface area contributed by atoms with E-state index in [1.165, 1.54) is 17.8 Å². The van der Waals surface area contributed by atoms with Gasteiger partial charge in [-0.25, -0.2) is 4.39 Å². The minimum absolute atomic E-state index is 0.0371. The highest BCUT2D eigenvalue weighted by atomic mass is 35.5. The monoisotopic (exact) mass is 294 g/mol. The number of hydrogen-bond acceptors (Lipinski definition) is 2. The van der Waals surface area contributed by atoms with Gasteiger partial charge in [-0.3, -0.25) is 4.79 Å². The zero-order chi connectivity index (χ0) is 13.8. The Bertz CT molecular complexity index is 583. The normalized spacial score (nSPS) is 12.2. The van der Waals surface area contributed by atoms with Gasteiger partial charge < -0.3 is 0 Å². The Balaban J connectivity index is 2.12. The molecule has 2 aromatic carbocycles. The van der Waals surface area contributed by atoms with Gasteiger partial charge in [0.25, 0.3) is 0 Å². The van der Waals surface area contributed by atoms with Crippen molar-refractivity contribution in [3.05, 3.63) is 64.9 Å². The Morgan fingerprint density at radius 1 is 1.16 bits per heavy atom. The molecule has 0 radical (unpaired) electrons. The van der Waals surface area contributed by atoms with Gasteiger partial charge >= 0.3 is 0 Å². The molecule has 0 aliphatic heterocycles. The van der Waals surface area contributed by atoms with Crippen LogP contribution in [-0.2, 0) is 0 Å². The van der Waals surface area contributed by atoms with Crippen molar-refractivity contribution < 1.29 is 9.18 Å². The highest BCUT2D eigenvalue weighted by Gasteiger charge is 2.17. The molecule has 2 rings (SSSR count). The number of ketones is 1. The molecule has 4 heteroatoms. The summed E-state index contributed by atoms with van der Waals surface area (Å²) in [5, 5.41) is 0.240. The summed E-state index contributed by atoms with van der Waals surface area (Å²) < 4.78 is 13.5. The second-order valence-corrected chi connectivity index (χ2v) is 5.88. The van der Waals surface area contributed by atoms with E-state index in [0.29, 0.717) is 15.5 Å². The van der Waals surface area contributed by atoms with Crippen molar-refractivity contribution in [3.8, 4) is 0 Å². The summed E-state index contributed by atoms with van der Waals surface area (Å²) in [5.41, 5.74) is 0.584. The lowest BCUT2D eigenvalue weighted by molar-refractivity contribution is 0.0994. The van der Waals surface area contributed by atoms with Crippen LogP contribution < -0.4 is 0 Å². The number of thioether (sulfide) groups is 1. The molecular weight excluding hydrogens is 283 g/mol. The fourth-order valence-electron chi connectivity index (χ4n) is 1.63. The molecule has 19 heavy (non-hydrogen) atoms. The number of halogens is 2. The SMILES string of the molecule is C[C@@H](Sc1ccccc1F)C(=O)c1ccc(Cl)cc1. The Morgan fingerprint density at radius 2 is 1.79 bits per heavy atom. The van der Waals surface area contributed by atoms with Crippen LogP contribution in [0.15, 0.2) is 53.4 Å². The van der Waals surface area contributed by atoms with Gasteiger partial charge in [0, 0.05) is 15.5 Å². The quantitative estimate of drug-likeness (QED) is 0.593. The molecule has 0 spiro atoms. The number of rotatable bonds is 4. The minimum atomic E-state index is -0.349. The topological polar surface area (TPSA) is 17.1 Å². The number of hydrogen-bond donors (Lipinski definition) is 0. The third kappa shape index (κ3) is 3.58. The van der Waals surface area contributed by atoms with E-state index >= 15 is 0 Å². The van der Waals surface area contributed by atoms with Crippen LogP contribution in [0.25, 0.3) is 0 Å². The van der Waals surface area contributed by atoms with Crippen molar-refractivity contribution in [3.63, 3.8) is 0 Å². The molecule has 0 aromatic heterocycles. The maximum absolute atomic E-state index is 13.5. The largest absolute Gasteiger partial charge is 0.293 e. The average molecular weight is 295 g/mol. The standard InChI is InChI=1S/C15H12ClFOS/c1-10(19-14-5-3-2-4-13(14)17)15(18)11-6-8-12(16)9-7-11/h2-10H,1H3/t10-/m1/s1. The summed E-state index contributed by atoms with van der Waals surface area (Å²) in [5.74, 6) is -0.340. The Hall–Kier alpha value is -1.32. The molecule has 0 saturated carbocycles. The summed E-state index contributed by atoms with van der Waals surface area (Å²) in [7, 11) is 0. The van der Waals surface area contributed by atoms with E-state index < -0.39 is 0 Å². The van der Waals surface area contributed by atoms with Crippen molar-refractivity contribution in [1.29, 1.82) is 0 Å². The van der Waals surface area contributed by atoms with Crippen LogP contribution in [0, 0.1) is 5.82 Å². The molecule has 0 fully saturated rings. The first-order chi connectivity index (χ1) is 9.08. The number of carbonyl (C=O) groups excluding carboxylic acids is 1. The predicted molar refractivity (Wildman–Crippen MR) is 77.5 cm³/mol. The van der Waals surface area contributed by atoms with Gasteiger partial charge in [-0.1, -0.05) is 23.7 Å². The van der Waals surface area contributed by atoms with Crippen LogP contribution in [0.2, 0.25) is 5.02 Å². The first-order valence-corrected chi connectivity index (χ1v) is 7.04. The first-order valence-electron chi connectivity index (χ1n) is 5.79. The van der Waals surface area contributed by atoms with E-state index in [1.54, 1.807) is 49.4 Å². The van der Waals surface area contributed by atoms with Gasteiger partial charge in [0.1, 0.15) is 5.82 Å². The summed E-state index contributed by atoms with van der Waals surface area (Å²) in [4.78, 5) is 12.7. The second kappa shape index (κ2) is 6.22. The van der Waals surface area contributed by atoms with E-state index in [2.05, 4.69) is 0 Å². The molecule has 2 aromatic rings. The van der Waals surface area contributed by atoms with Crippen LogP contribution >= 0.6 is 23.4 Å². The molecule has 0 amide bonds. The lowest BCUT2D eigenvalue weighted by Gasteiger charge is -2.11. The van der Waals surface area contributed by atoms with Crippen molar-refractivity contribution in [2.24, 2.45) is 0 Å². The lowest BCUT2D eigenvalue weighted by Crippen LogP contribution is -2.13. The third-order valence-electron chi connectivity index (χ3n) is 2.64. The van der Waals surface area contributed by atoms with E-state index in [4.69, 9.17) is 11.6 Å². The van der Waals surface area contributed by atoms with Crippen LogP contribution in [0.3, 0.4) is 0 Å². The van der Waals surface area contributed by atoms with E-state index in [-0.39, 0.29) is 16.9 Å². The van der Waals surface area contributed by atoms with Gasteiger partial charge in [0.15, 0.2) is 5.78 Å². The van der Waals surface area contributed by atoms with E-state index in [0.717, 1.165) is 0 Å². The van der Waals surface area contributed by atoms with Gasteiger partial charge in [-0.2, -0.15) is 0 Å². The molecule has 0 heterocycles. The molecule has 0 saturated heterocycles. The van der Waals surface area contributed by atoms with Crippen molar-refractivity contribution in [2.75, 3.05) is 0 Å². The van der Waals surface area contributed by atoms with Gasteiger partial charge in [-0.15, -0.1) is 11.8 Å². The highest BCUT2D eigenvalue weighted by Crippen LogP contribution is 2.28. The lowest BCUT2D eigenvalue weighted by atomic mass is 10.1. The second-order valence-electron chi connectivity index (χ2n) is 4.06. The van der Waals surface area contributed by atoms with Crippen LogP contribution in [0.4, 0.5) is 4.39 Å². The fraction of sp³-hybridized carbons (Fsp3) is 0.133. The molecule has 0 aliphatic carbocycles. The molecule has 0 unspecified atom stereocenters. The fourth-order valence-corrected chi connectivity index (χ4v) is 2.72. The zero-order valence-electron chi connectivity index (χ0n) is 10.3. The number of Topliss-reactive ketones (excluding diaryl/α,β-unsaturated/α-hetero) is 1. The van der Waals surface area contributed by atoms with E-state index in [1.807, 2.05) is 0 Å². The van der Waals surface area contributed by atoms with Crippen molar-refractivity contribution in [2.45, 2.75) is 17.1 Å². The maximum atomic E-state index is 13.5. The minimum Gasteiger partial charge on any atom is -0.293 e. The van der Waals surface area contributed by atoms with Gasteiger partial charge in [-0.05, 0) is 43.3 Å². The maximum Gasteiger partial charge on any atom is 0.175 e.